The maximum atomic E-state index is 11.5. The molecular weight excluding hydrogens is 320 g/mol. The summed E-state index contributed by atoms with van der Waals surface area (Å²) in [5, 5.41) is 2.71. The normalized spacial score (nSPS) is 15.4. The molecule has 25 heavy (non-hydrogen) atoms. The van der Waals surface area contributed by atoms with E-state index >= 15 is 0 Å². The van der Waals surface area contributed by atoms with Gasteiger partial charge in [-0.25, -0.2) is 4.98 Å². The van der Waals surface area contributed by atoms with Crippen LogP contribution in [0.5, 0.6) is 5.75 Å². The van der Waals surface area contributed by atoms with Crippen LogP contribution in [0.2, 0.25) is 0 Å². The van der Waals surface area contributed by atoms with E-state index < -0.39 is 0 Å². The average molecular weight is 344 g/mol. The molecule has 7 heteroatoms. The van der Waals surface area contributed by atoms with Crippen LogP contribution in [-0.4, -0.2) is 52.5 Å². The molecule has 2 amide bonds. The van der Waals surface area contributed by atoms with Gasteiger partial charge in [-0.3, -0.25) is 9.59 Å². The largest absolute Gasteiger partial charge is 0.484 e. The second kappa shape index (κ2) is 7.55. The fourth-order valence-electron chi connectivity index (χ4n) is 3.24. The van der Waals surface area contributed by atoms with E-state index in [0.29, 0.717) is 18.3 Å². The van der Waals surface area contributed by atoms with E-state index in [1.165, 1.54) is 0 Å². The number of rotatable bonds is 5. The van der Waals surface area contributed by atoms with Gasteiger partial charge in [0.05, 0.1) is 17.4 Å². The molecule has 0 aliphatic carbocycles. The van der Waals surface area contributed by atoms with Crippen molar-refractivity contribution in [1.29, 1.82) is 0 Å². The maximum absolute atomic E-state index is 11.5. The lowest BCUT2D eigenvalue weighted by Crippen LogP contribution is -2.37. The molecule has 1 N–H and O–H groups in total. The quantitative estimate of drug-likeness (QED) is 0.896. The van der Waals surface area contributed by atoms with Gasteiger partial charge >= 0.3 is 0 Å². The summed E-state index contributed by atoms with van der Waals surface area (Å²) in [7, 11) is 0. The Balaban J connectivity index is 1.73. The number of ether oxygens (including phenoxy) is 1. The number of hydrogen-bond donors (Lipinski definition) is 1. The standard InChI is InChI=1S/C18H24N4O3/c1-3-19-18(24)11-25-15-4-5-16-17(10-15)22(12-20-16)14-6-8-21(9-7-14)13(2)23/h4-5,10,12,14H,3,6-9,11H2,1-2H3,(H,19,24). The van der Waals surface area contributed by atoms with E-state index in [1.807, 2.05) is 36.4 Å². The van der Waals surface area contributed by atoms with E-state index in [2.05, 4.69) is 14.9 Å². The van der Waals surface area contributed by atoms with Crippen LogP contribution in [0.15, 0.2) is 24.5 Å². The van der Waals surface area contributed by atoms with Gasteiger partial charge < -0.3 is 19.5 Å². The number of imidazole rings is 1. The molecule has 2 heterocycles. The van der Waals surface area contributed by atoms with Gasteiger partial charge in [-0.1, -0.05) is 0 Å². The molecule has 0 saturated carbocycles. The smallest absolute Gasteiger partial charge is 0.257 e. The second-order valence-corrected chi connectivity index (χ2v) is 6.28. The molecule has 134 valence electrons. The zero-order chi connectivity index (χ0) is 17.8. The third kappa shape index (κ3) is 3.92. The van der Waals surface area contributed by atoms with Crippen LogP contribution in [0.1, 0.15) is 32.7 Å². The van der Waals surface area contributed by atoms with Gasteiger partial charge in [-0.15, -0.1) is 0 Å². The number of hydrogen-bond acceptors (Lipinski definition) is 4. The molecule has 1 aromatic carbocycles. The molecule has 7 nitrogen and oxygen atoms in total. The summed E-state index contributed by atoms with van der Waals surface area (Å²) >= 11 is 0. The number of benzene rings is 1. The lowest BCUT2D eigenvalue weighted by molar-refractivity contribution is -0.130. The molecule has 0 spiro atoms. The fraction of sp³-hybridized carbons (Fsp3) is 0.500. The lowest BCUT2D eigenvalue weighted by Gasteiger charge is -2.32. The van der Waals surface area contributed by atoms with Crippen molar-refractivity contribution < 1.29 is 14.3 Å². The van der Waals surface area contributed by atoms with Crippen LogP contribution in [0.4, 0.5) is 0 Å². The molecule has 2 aromatic rings. The number of likely N-dealkylation sites (N-methyl/N-ethyl adjacent to an activating group) is 1. The van der Waals surface area contributed by atoms with E-state index in [0.717, 1.165) is 37.0 Å². The van der Waals surface area contributed by atoms with Crippen molar-refractivity contribution in [1.82, 2.24) is 19.8 Å². The number of carbonyl (C=O) groups is 2. The molecule has 1 aromatic heterocycles. The number of likely N-dealkylation sites (tertiary alicyclic amines) is 1. The minimum absolute atomic E-state index is 0.00445. The Labute approximate surface area is 147 Å². The number of carbonyl (C=O) groups excluding carboxylic acids is 2. The van der Waals surface area contributed by atoms with Gasteiger partial charge in [0.15, 0.2) is 6.61 Å². The lowest BCUT2D eigenvalue weighted by atomic mass is 10.0. The number of piperidine rings is 1. The van der Waals surface area contributed by atoms with E-state index in [1.54, 1.807) is 6.92 Å². The summed E-state index contributed by atoms with van der Waals surface area (Å²) in [4.78, 5) is 29.4. The first-order chi connectivity index (χ1) is 12.1. The zero-order valence-electron chi connectivity index (χ0n) is 14.7. The van der Waals surface area contributed by atoms with Gasteiger partial charge in [-0.2, -0.15) is 0 Å². The molecule has 1 aliphatic rings. The first-order valence-electron chi connectivity index (χ1n) is 8.70. The monoisotopic (exact) mass is 344 g/mol. The van der Waals surface area contributed by atoms with Gasteiger partial charge in [0.25, 0.3) is 5.91 Å². The van der Waals surface area contributed by atoms with Crippen molar-refractivity contribution >= 4 is 22.8 Å². The molecule has 1 saturated heterocycles. The Morgan fingerprint density at radius 3 is 2.76 bits per heavy atom. The highest BCUT2D eigenvalue weighted by atomic mass is 16.5. The average Bonchev–Trinajstić information content (AvgIpc) is 3.03. The van der Waals surface area contributed by atoms with Crippen molar-refractivity contribution in [2.24, 2.45) is 0 Å². The SMILES string of the molecule is CCNC(=O)COc1ccc2ncn(C3CCN(C(C)=O)CC3)c2c1. The summed E-state index contributed by atoms with van der Waals surface area (Å²) in [6, 6.07) is 5.99. The Bertz CT molecular complexity index is 763. The number of amides is 2. The topological polar surface area (TPSA) is 76.5 Å². The van der Waals surface area contributed by atoms with E-state index in [-0.39, 0.29) is 18.4 Å². The number of aromatic nitrogens is 2. The van der Waals surface area contributed by atoms with Crippen LogP contribution in [0.25, 0.3) is 11.0 Å². The van der Waals surface area contributed by atoms with Crippen molar-refractivity contribution in [3.63, 3.8) is 0 Å². The predicted molar refractivity (Wildman–Crippen MR) is 94.4 cm³/mol. The van der Waals surface area contributed by atoms with Crippen LogP contribution < -0.4 is 10.1 Å². The van der Waals surface area contributed by atoms with Gasteiger partial charge in [-0.05, 0) is 31.9 Å². The van der Waals surface area contributed by atoms with Crippen molar-refractivity contribution in [2.75, 3.05) is 26.2 Å². The first-order valence-corrected chi connectivity index (χ1v) is 8.70. The van der Waals surface area contributed by atoms with Gasteiger partial charge in [0, 0.05) is 38.7 Å². The van der Waals surface area contributed by atoms with Crippen LogP contribution in [0, 0.1) is 0 Å². The molecular formula is C18H24N4O3. The van der Waals surface area contributed by atoms with Crippen molar-refractivity contribution in [3.05, 3.63) is 24.5 Å². The molecule has 1 aliphatic heterocycles. The van der Waals surface area contributed by atoms with E-state index in [4.69, 9.17) is 4.74 Å². The van der Waals surface area contributed by atoms with Crippen LogP contribution in [-0.2, 0) is 9.59 Å². The third-order valence-electron chi connectivity index (χ3n) is 4.59. The maximum Gasteiger partial charge on any atom is 0.257 e. The molecule has 0 unspecified atom stereocenters. The van der Waals surface area contributed by atoms with Crippen LogP contribution in [0.3, 0.4) is 0 Å². The Kier molecular flexibility index (Phi) is 5.21. The predicted octanol–water partition coefficient (Wildman–Crippen LogP) is 1.73. The molecule has 0 atom stereocenters. The highest BCUT2D eigenvalue weighted by Crippen LogP contribution is 2.28. The fourth-order valence-corrected chi connectivity index (χ4v) is 3.24. The number of nitrogens with one attached hydrogen (secondary N) is 1. The minimum atomic E-state index is -0.132. The molecule has 0 bridgehead atoms. The third-order valence-corrected chi connectivity index (χ3v) is 4.59. The summed E-state index contributed by atoms with van der Waals surface area (Å²) in [6.07, 6.45) is 3.68. The molecule has 1 fully saturated rings. The van der Waals surface area contributed by atoms with Crippen molar-refractivity contribution in [3.8, 4) is 5.75 Å². The summed E-state index contributed by atoms with van der Waals surface area (Å²) in [6.45, 7) is 5.63. The van der Waals surface area contributed by atoms with Gasteiger partial charge in [0.2, 0.25) is 5.91 Å². The van der Waals surface area contributed by atoms with Crippen molar-refractivity contribution in [2.45, 2.75) is 32.7 Å². The Morgan fingerprint density at radius 1 is 1.32 bits per heavy atom. The zero-order valence-corrected chi connectivity index (χ0v) is 14.7. The van der Waals surface area contributed by atoms with Crippen LogP contribution >= 0.6 is 0 Å². The molecule has 0 radical (unpaired) electrons. The summed E-state index contributed by atoms with van der Waals surface area (Å²) < 4.78 is 7.74. The van der Waals surface area contributed by atoms with E-state index in [9.17, 15) is 9.59 Å². The Hall–Kier alpha value is -2.57. The highest BCUT2D eigenvalue weighted by Gasteiger charge is 2.23. The second-order valence-electron chi connectivity index (χ2n) is 6.28. The van der Waals surface area contributed by atoms with Gasteiger partial charge in [0.1, 0.15) is 5.75 Å². The minimum Gasteiger partial charge on any atom is -0.484 e. The molecule has 3 rings (SSSR count). The number of nitrogens with zero attached hydrogens (tertiary/aromatic N) is 3. The number of fused-ring (bicyclic) bond motifs is 1. The Morgan fingerprint density at radius 2 is 2.08 bits per heavy atom. The first kappa shape index (κ1) is 17.3. The highest BCUT2D eigenvalue weighted by molar-refractivity contribution is 5.79. The summed E-state index contributed by atoms with van der Waals surface area (Å²) in [5.74, 6) is 0.657. The summed E-state index contributed by atoms with van der Waals surface area (Å²) in [5.41, 5.74) is 1.90.